The third-order valence-corrected chi connectivity index (χ3v) is 5.91. The average molecular weight is 522 g/mol. The summed E-state index contributed by atoms with van der Waals surface area (Å²) in [5.41, 5.74) is 0. The maximum atomic E-state index is 11.8. The van der Waals surface area contributed by atoms with Crippen molar-refractivity contribution in [1.29, 1.82) is 0 Å². The van der Waals surface area contributed by atoms with Crippen molar-refractivity contribution >= 4 is 47.2 Å². The molecule has 0 radical (unpaired) electrons. The lowest BCUT2D eigenvalue weighted by Crippen LogP contribution is -2.42. The van der Waals surface area contributed by atoms with Gasteiger partial charge in [-0.2, -0.15) is 0 Å². The number of aliphatic imine (C=N–C) groups is 1. The zero-order valence-electron chi connectivity index (χ0n) is 17.4. The third-order valence-electron chi connectivity index (χ3n) is 4.97. The third kappa shape index (κ3) is 9.56. The van der Waals surface area contributed by atoms with Crippen LogP contribution in [0.15, 0.2) is 22.5 Å². The second kappa shape index (κ2) is 14.2. The quantitative estimate of drug-likeness (QED) is 0.227. The molecule has 28 heavy (non-hydrogen) atoms. The Morgan fingerprint density at radius 2 is 2.11 bits per heavy atom. The maximum absolute atomic E-state index is 11.8. The molecule has 8 heteroatoms. The molecule has 1 aromatic rings. The highest BCUT2D eigenvalue weighted by molar-refractivity contribution is 14.0. The Hall–Kier alpha value is -0.870. The highest BCUT2D eigenvalue weighted by Gasteiger charge is 2.17. The van der Waals surface area contributed by atoms with Gasteiger partial charge in [0.05, 0.1) is 0 Å². The first-order valence-corrected chi connectivity index (χ1v) is 10.9. The summed E-state index contributed by atoms with van der Waals surface area (Å²) in [6.07, 6.45) is 6.04. The van der Waals surface area contributed by atoms with Gasteiger partial charge in [0.25, 0.3) is 0 Å². The van der Waals surface area contributed by atoms with E-state index in [9.17, 15) is 4.79 Å². The average Bonchev–Trinajstić information content (AvgIpc) is 3.17. The van der Waals surface area contributed by atoms with E-state index in [0.717, 1.165) is 38.4 Å². The molecule has 1 amide bonds. The molecule has 0 aliphatic carbocycles. The number of carbonyl (C=O) groups excluding carboxylic acids is 1. The number of likely N-dealkylation sites (N-methyl/N-ethyl adjacent to an activating group) is 1. The number of likely N-dealkylation sites (tertiary alicyclic amines) is 1. The van der Waals surface area contributed by atoms with Crippen LogP contribution in [0.25, 0.3) is 0 Å². The van der Waals surface area contributed by atoms with Gasteiger partial charge in [-0.05, 0) is 50.6 Å². The Morgan fingerprint density at radius 3 is 2.79 bits per heavy atom. The number of nitrogens with zero attached hydrogens (tertiary/aromatic N) is 3. The summed E-state index contributed by atoms with van der Waals surface area (Å²) < 4.78 is 0. The van der Waals surface area contributed by atoms with Crippen molar-refractivity contribution in [2.45, 2.75) is 45.1 Å². The van der Waals surface area contributed by atoms with Crippen molar-refractivity contribution in [3.05, 3.63) is 22.4 Å². The number of hydrogen-bond donors (Lipinski definition) is 2. The smallest absolute Gasteiger partial charge is 0.243 e. The van der Waals surface area contributed by atoms with E-state index in [1.54, 1.807) is 30.3 Å². The molecule has 6 nitrogen and oxygen atoms in total. The van der Waals surface area contributed by atoms with Crippen LogP contribution < -0.4 is 10.6 Å². The highest BCUT2D eigenvalue weighted by atomic mass is 127. The number of rotatable bonds is 9. The van der Waals surface area contributed by atoms with Crippen LogP contribution in [0.5, 0.6) is 0 Å². The molecule has 0 aromatic carbocycles. The topological polar surface area (TPSA) is 60.0 Å². The van der Waals surface area contributed by atoms with E-state index < -0.39 is 0 Å². The molecular formula is C20H36IN5OS. The van der Waals surface area contributed by atoms with Crippen molar-refractivity contribution in [2.24, 2.45) is 4.99 Å². The molecule has 0 saturated carbocycles. The van der Waals surface area contributed by atoms with E-state index in [0.29, 0.717) is 6.04 Å². The Kier molecular flexibility index (Phi) is 12.7. The lowest BCUT2D eigenvalue weighted by molar-refractivity contribution is -0.127. The van der Waals surface area contributed by atoms with Gasteiger partial charge in [0.15, 0.2) is 5.96 Å². The van der Waals surface area contributed by atoms with Crippen LogP contribution in [0.2, 0.25) is 0 Å². The lowest BCUT2D eigenvalue weighted by Gasteiger charge is -2.33. The Balaban J connectivity index is 0.00000392. The molecule has 1 aliphatic heterocycles. The first-order chi connectivity index (χ1) is 13.1. The number of piperidine rings is 1. The standard InChI is InChI=1S/C20H35N5OS.HI/c1-17-8-4-5-13-25(17)14-7-11-21-20(23-16-19(26)24(2)3)22-12-10-18-9-6-15-27-18;/h6,9,15,17H,4-5,7-8,10-14,16H2,1-3H3,(H2,21,22,23);1H. The fourth-order valence-electron chi connectivity index (χ4n) is 3.20. The summed E-state index contributed by atoms with van der Waals surface area (Å²) in [7, 11) is 3.52. The molecule has 2 heterocycles. The van der Waals surface area contributed by atoms with Crippen molar-refractivity contribution in [3.8, 4) is 0 Å². The molecule has 1 aromatic heterocycles. The van der Waals surface area contributed by atoms with Crippen LogP contribution in [0, 0.1) is 0 Å². The summed E-state index contributed by atoms with van der Waals surface area (Å²) in [5.74, 6) is 0.741. The van der Waals surface area contributed by atoms with Gasteiger partial charge in [-0.15, -0.1) is 35.3 Å². The molecular weight excluding hydrogens is 485 g/mol. The first-order valence-electron chi connectivity index (χ1n) is 10.0. The number of nitrogens with one attached hydrogen (secondary N) is 2. The second-order valence-corrected chi connectivity index (χ2v) is 8.40. The van der Waals surface area contributed by atoms with E-state index in [1.807, 2.05) is 0 Å². The fourth-order valence-corrected chi connectivity index (χ4v) is 3.91. The van der Waals surface area contributed by atoms with E-state index in [2.05, 4.69) is 45.0 Å². The molecule has 1 aliphatic rings. The number of amides is 1. The molecule has 2 rings (SSSR count). The normalized spacial score (nSPS) is 17.7. The predicted molar refractivity (Wildman–Crippen MR) is 130 cm³/mol. The largest absolute Gasteiger partial charge is 0.356 e. The highest BCUT2D eigenvalue weighted by Crippen LogP contribution is 2.16. The second-order valence-electron chi connectivity index (χ2n) is 7.37. The minimum absolute atomic E-state index is 0. The maximum Gasteiger partial charge on any atom is 0.243 e. The van der Waals surface area contributed by atoms with Crippen molar-refractivity contribution < 1.29 is 4.79 Å². The monoisotopic (exact) mass is 521 g/mol. The van der Waals surface area contributed by atoms with Crippen LogP contribution in [-0.4, -0.2) is 74.5 Å². The van der Waals surface area contributed by atoms with E-state index in [4.69, 9.17) is 0 Å². The molecule has 1 saturated heterocycles. The fraction of sp³-hybridized carbons (Fsp3) is 0.700. The molecule has 1 atom stereocenters. The zero-order chi connectivity index (χ0) is 19.5. The molecule has 1 unspecified atom stereocenters. The van der Waals surface area contributed by atoms with Crippen LogP contribution in [-0.2, 0) is 11.2 Å². The van der Waals surface area contributed by atoms with Crippen LogP contribution >= 0.6 is 35.3 Å². The summed E-state index contributed by atoms with van der Waals surface area (Å²) in [4.78, 5) is 21.8. The minimum atomic E-state index is 0. The Bertz CT molecular complexity index is 579. The number of halogens is 1. The molecule has 2 N–H and O–H groups in total. The van der Waals surface area contributed by atoms with Crippen molar-refractivity contribution in [2.75, 3.05) is 46.8 Å². The van der Waals surface area contributed by atoms with E-state index in [-0.39, 0.29) is 36.4 Å². The summed E-state index contributed by atoms with van der Waals surface area (Å²) in [6.45, 7) is 6.52. The molecule has 160 valence electrons. The van der Waals surface area contributed by atoms with E-state index >= 15 is 0 Å². The zero-order valence-corrected chi connectivity index (χ0v) is 20.6. The van der Waals surface area contributed by atoms with Crippen LogP contribution in [0.3, 0.4) is 0 Å². The van der Waals surface area contributed by atoms with Gasteiger partial charge in [0, 0.05) is 44.6 Å². The number of carbonyl (C=O) groups is 1. The predicted octanol–water partition coefficient (Wildman–Crippen LogP) is 2.80. The molecule has 0 bridgehead atoms. The lowest BCUT2D eigenvalue weighted by atomic mass is 10.0. The number of thiophene rings is 1. The van der Waals surface area contributed by atoms with Gasteiger partial charge in [-0.1, -0.05) is 12.5 Å². The van der Waals surface area contributed by atoms with Gasteiger partial charge in [-0.3, -0.25) is 4.79 Å². The van der Waals surface area contributed by atoms with Gasteiger partial charge in [0.2, 0.25) is 5.91 Å². The Labute approximate surface area is 191 Å². The van der Waals surface area contributed by atoms with Crippen molar-refractivity contribution in [1.82, 2.24) is 20.4 Å². The first kappa shape index (κ1) is 25.2. The molecule has 0 spiro atoms. The summed E-state index contributed by atoms with van der Waals surface area (Å²) >= 11 is 1.77. The number of guanidine groups is 1. The van der Waals surface area contributed by atoms with Crippen LogP contribution in [0.1, 0.15) is 37.5 Å². The SMILES string of the molecule is CC1CCCCN1CCCNC(=NCC(=O)N(C)C)NCCc1cccs1.I. The summed E-state index contributed by atoms with van der Waals surface area (Å²) in [5, 5.41) is 8.85. The minimum Gasteiger partial charge on any atom is -0.356 e. The number of hydrogen-bond acceptors (Lipinski definition) is 4. The van der Waals surface area contributed by atoms with Gasteiger partial charge in [0.1, 0.15) is 6.54 Å². The van der Waals surface area contributed by atoms with Crippen molar-refractivity contribution in [3.63, 3.8) is 0 Å². The van der Waals surface area contributed by atoms with Crippen LogP contribution in [0.4, 0.5) is 0 Å². The molecule has 1 fully saturated rings. The van der Waals surface area contributed by atoms with Gasteiger partial charge in [-0.25, -0.2) is 4.99 Å². The Morgan fingerprint density at radius 1 is 1.32 bits per heavy atom. The summed E-state index contributed by atoms with van der Waals surface area (Å²) in [6, 6.07) is 4.92. The van der Waals surface area contributed by atoms with E-state index in [1.165, 1.54) is 30.7 Å². The van der Waals surface area contributed by atoms with Gasteiger partial charge < -0.3 is 20.4 Å². The van der Waals surface area contributed by atoms with Gasteiger partial charge >= 0.3 is 0 Å².